The molecule has 2 nitrogen and oxygen atoms in total. The van der Waals surface area contributed by atoms with Gasteiger partial charge in [-0.25, -0.2) is 0 Å². The van der Waals surface area contributed by atoms with Gasteiger partial charge in [0.15, 0.2) is 0 Å². The number of ketones is 1. The molecule has 0 N–H and O–H groups in total. The number of hydrogen-bond donors (Lipinski definition) is 0. The van der Waals surface area contributed by atoms with Gasteiger partial charge in [-0.2, -0.15) is 0 Å². The highest BCUT2D eigenvalue weighted by Gasteiger charge is 2.22. The molecule has 0 heterocycles. The number of rotatable bonds is 7. The molecule has 0 aliphatic carbocycles. The highest BCUT2D eigenvalue weighted by molar-refractivity contribution is 8.23. The zero-order valence-corrected chi connectivity index (χ0v) is 14.2. The van der Waals surface area contributed by atoms with Crippen molar-refractivity contribution in [1.82, 2.24) is 0 Å². The van der Waals surface area contributed by atoms with E-state index >= 15 is 0 Å². The van der Waals surface area contributed by atoms with Gasteiger partial charge in [-0.15, -0.1) is 0 Å². The molecule has 17 heavy (non-hydrogen) atoms. The Morgan fingerprint density at radius 2 is 2.00 bits per heavy atom. The van der Waals surface area contributed by atoms with Crippen molar-refractivity contribution >= 4 is 42.2 Å². The van der Waals surface area contributed by atoms with Crippen molar-refractivity contribution in [2.24, 2.45) is 0 Å². The van der Waals surface area contributed by atoms with Crippen molar-refractivity contribution in [3.63, 3.8) is 0 Å². The van der Waals surface area contributed by atoms with Crippen LogP contribution in [0.15, 0.2) is 0 Å². The first-order valence-electron chi connectivity index (χ1n) is 6.07. The molecule has 0 saturated heterocycles. The molecule has 0 aromatic rings. The first-order valence-corrected chi connectivity index (χ1v) is 11.1. The van der Waals surface area contributed by atoms with E-state index in [1.807, 2.05) is 6.92 Å². The molecule has 0 bridgehead atoms. The van der Waals surface area contributed by atoms with E-state index in [4.69, 9.17) is 17.0 Å². The molecular formula is C12H24O2S2Si. The molecule has 0 aromatic heterocycles. The van der Waals surface area contributed by atoms with Gasteiger partial charge in [0.25, 0.3) is 0 Å². The maximum Gasteiger partial charge on any atom is 0.220 e. The maximum absolute atomic E-state index is 11.1. The second-order valence-corrected chi connectivity index (χ2v) is 12.9. The van der Waals surface area contributed by atoms with Gasteiger partial charge < -0.3 is 9.53 Å². The average Bonchev–Trinajstić information content (AvgIpc) is 2.12. The zero-order chi connectivity index (χ0) is 13.5. The summed E-state index contributed by atoms with van der Waals surface area (Å²) in [5, 5.41) is 0.435. The van der Waals surface area contributed by atoms with Crippen LogP contribution in [0.5, 0.6) is 0 Å². The van der Waals surface area contributed by atoms with E-state index in [9.17, 15) is 4.79 Å². The Labute approximate surface area is 116 Å². The van der Waals surface area contributed by atoms with Crippen LogP contribution in [0.4, 0.5) is 0 Å². The van der Waals surface area contributed by atoms with Crippen molar-refractivity contribution in [3.8, 4) is 0 Å². The predicted octanol–water partition coefficient (Wildman–Crippen LogP) is 4.12. The summed E-state index contributed by atoms with van der Waals surface area (Å²) in [6.45, 7) is 11.2. The maximum atomic E-state index is 11.1. The van der Waals surface area contributed by atoms with E-state index in [0.29, 0.717) is 22.7 Å². The summed E-state index contributed by atoms with van der Waals surface area (Å²) in [5.74, 6) is 0.258. The van der Waals surface area contributed by atoms with Crippen LogP contribution in [-0.2, 0) is 9.53 Å². The van der Waals surface area contributed by atoms with E-state index in [1.165, 1.54) is 6.04 Å². The minimum Gasteiger partial charge on any atom is -0.479 e. The predicted molar refractivity (Wildman–Crippen MR) is 83.7 cm³/mol. The fourth-order valence-electron chi connectivity index (χ4n) is 1.54. The summed E-state index contributed by atoms with van der Waals surface area (Å²) in [7, 11) is -1.13. The summed E-state index contributed by atoms with van der Waals surface area (Å²) < 4.78 is 5.94. The molecule has 0 radical (unpaired) electrons. The fraction of sp³-hybridized carbons (Fsp3) is 0.833. The Morgan fingerprint density at radius 3 is 2.41 bits per heavy atom. The molecule has 0 spiro atoms. The molecule has 0 aromatic carbocycles. The Kier molecular flexibility index (Phi) is 8.33. The van der Waals surface area contributed by atoms with Gasteiger partial charge in [-0.3, -0.25) is 0 Å². The Hall–Kier alpha value is 0.127. The molecule has 0 fully saturated rings. The van der Waals surface area contributed by atoms with Gasteiger partial charge in [0.05, 0.1) is 6.61 Å². The van der Waals surface area contributed by atoms with E-state index in [-0.39, 0.29) is 5.78 Å². The third kappa shape index (κ3) is 11.0. The van der Waals surface area contributed by atoms with Crippen LogP contribution in [0.1, 0.15) is 26.7 Å². The lowest BCUT2D eigenvalue weighted by atomic mass is 10.2. The fourth-order valence-corrected chi connectivity index (χ4v) is 6.16. The second kappa shape index (κ2) is 8.27. The average molecular weight is 293 g/mol. The second-order valence-electron chi connectivity index (χ2n) is 5.43. The van der Waals surface area contributed by atoms with E-state index in [0.717, 1.165) is 6.42 Å². The van der Waals surface area contributed by atoms with E-state index in [1.54, 1.807) is 18.7 Å². The molecule has 1 unspecified atom stereocenters. The normalized spacial score (nSPS) is 13.2. The largest absolute Gasteiger partial charge is 0.479 e. The van der Waals surface area contributed by atoms with E-state index < -0.39 is 8.07 Å². The van der Waals surface area contributed by atoms with Gasteiger partial charge in [0.2, 0.25) is 4.38 Å². The Morgan fingerprint density at radius 1 is 1.41 bits per heavy atom. The monoisotopic (exact) mass is 292 g/mol. The SMILES string of the molecule is CCOC(=S)SC(CCC(C)=O)C[Si](C)(C)C. The molecule has 1 atom stereocenters. The number of thioether (sulfide) groups is 1. The van der Waals surface area contributed by atoms with Crippen LogP contribution in [0.2, 0.25) is 25.7 Å². The lowest BCUT2D eigenvalue weighted by Gasteiger charge is -2.23. The number of Topliss-reactive ketones (excluding diaryl/α,β-unsaturated/α-hetero) is 1. The van der Waals surface area contributed by atoms with Crippen LogP contribution in [-0.4, -0.2) is 30.1 Å². The van der Waals surface area contributed by atoms with E-state index in [2.05, 4.69) is 19.6 Å². The minimum absolute atomic E-state index is 0.258. The first-order chi connectivity index (χ1) is 7.74. The summed E-state index contributed by atoms with van der Waals surface area (Å²) in [5.41, 5.74) is 0. The highest BCUT2D eigenvalue weighted by Crippen LogP contribution is 2.28. The molecule has 0 saturated carbocycles. The molecule has 0 rings (SSSR count). The molecule has 100 valence electrons. The molecular weight excluding hydrogens is 268 g/mol. The smallest absolute Gasteiger partial charge is 0.220 e. The Balaban J connectivity index is 4.29. The van der Waals surface area contributed by atoms with Gasteiger partial charge in [-0.1, -0.05) is 31.4 Å². The van der Waals surface area contributed by atoms with Crippen molar-refractivity contribution in [1.29, 1.82) is 0 Å². The highest BCUT2D eigenvalue weighted by atomic mass is 32.2. The number of carbonyl (C=O) groups is 1. The molecule has 0 aliphatic heterocycles. The molecule has 5 heteroatoms. The molecule has 0 amide bonds. The lowest BCUT2D eigenvalue weighted by Crippen LogP contribution is -2.26. The standard InChI is InChI=1S/C12H24O2S2Si/c1-6-14-12(15)16-11(8-7-10(2)13)9-17(3,4)5/h11H,6-9H2,1-5H3. The van der Waals surface area contributed by atoms with Gasteiger partial charge >= 0.3 is 0 Å². The lowest BCUT2D eigenvalue weighted by molar-refractivity contribution is -0.117. The summed E-state index contributed by atoms with van der Waals surface area (Å²) in [6, 6.07) is 1.18. The van der Waals surface area contributed by atoms with Crippen LogP contribution in [0, 0.1) is 0 Å². The number of carbonyl (C=O) groups excluding carboxylic acids is 1. The van der Waals surface area contributed by atoms with Crippen LogP contribution in [0.3, 0.4) is 0 Å². The summed E-state index contributed by atoms with van der Waals surface area (Å²) >= 11 is 6.80. The third-order valence-corrected chi connectivity index (χ3v) is 5.65. The van der Waals surface area contributed by atoms with Crippen LogP contribution in [0.25, 0.3) is 0 Å². The van der Waals surface area contributed by atoms with Gasteiger partial charge in [0, 0.05) is 19.7 Å². The van der Waals surface area contributed by atoms with Gasteiger partial charge in [-0.05, 0) is 38.5 Å². The van der Waals surface area contributed by atoms with Crippen molar-refractivity contribution < 1.29 is 9.53 Å². The van der Waals surface area contributed by atoms with Crippen molar-refractivity contribution in [2.45, 2.75) is 57.6 Å². The topological polar surface area (TPSA) is 26.3 Å². The van der Waals surface area contributed by atoms with Gasteiger partial charge in [0.1, 0.15) is 5.78 Å². The minimum atomic E-state index is -1.13. The Bertz CT molecular complexity index is 262. The number of hydrogen-bond acceptors (Lipinski definition) is 4. The molecule has 0 aliphatic rings. The van der Waals surface area contributed by atoms with Crippen molar-refractivity contribution in [3.05, 3.63) is 0 Å². The first kappa shape index (κ1) is 17.1. The van der Waals surface area contributed by atoms with Crippen molar-refractivity contribution in [2.75, 3.05) is 6.61 Å². The third-order valence-electron chi connectivity index (χ3n) is 2.18. The summed E-state index contributed by atoms with van der Waals surface area (Å²) in [6.07, 6.45) is 1.56. The van der Waals surface area contributed by atoms with Crippen LogP contribution >= 0.6 is 24.0 Å². The number of thiocarbonyl (C=S) groups is 1. The quantitative estimate of drug-likeness (QED) is 0.521. The number of ether oxygens (including phenoxy) is 1. The zero-order valence-electron chi connectivity index (χ0n) is 11.5. The van der Waals surface area contributed by atoms with Crippen LogP contribution < -0.4 is 0 Å². The summed E-state index contributed by atoms with van der Waals surface area (Å²) in [4.78, 5) is 11.1.